The highest BCUT2D eigenvalue weighted by Gasteiger charge is 2.23. The smallest absolute Gasteiger partial charge is 0.0658 e. The summed E-state index contributed by atoms with van der Waals surface area (Å²) < 4.78 is 4.72. The van der Waals surface area contributed by atoms with Gasteiger partial charge >= 0.3 is 0 Å². The van der Waals surface area contributed by atoms with Crippen LogP contribution in [-0.2, 0) is 21.7 Å². The summed E-state index contributed by atoms with van der Waals surface area (Å²) in [4.78, 5) is 10.3. The SMILES string of the molecule is CC(C)(C)c1cc(-n2c3ccc2cc2nc(cc4ccc(cc5nc(c3)C=C5)n4-c3cc(C(C)(C)C)cc(C(C)(C)C)c3)C=C2)cc(C(C)(C)C)c1. The minimum absolute atomic E-state index is 0.000401. The van der Waals surface area contributed by atoms with Crippen LogP contribution in [0.2, 0.25) is 0 Å². The largest absolute Gasteiger partial charge is 0.310 e. The minimum atomic E-state index is -0.000401. The van der Waals surface area contributed by atoms with Crippen LogP contribution in [0.5, 0.6) is 0 Å². The molecule has 0 N–H and O–H groups in total. The van der Waals surface area contributed by atoms with Crippen LogP contribution >= 0.6 is 0 Å². The molecule has 0 spiro atoms. The molecule has 0 saturated carbocycles. The summed E-state index contributed by atoms with van der Waals surface area (Å²) in [5.74, 6) is 0. The van der Waals surface area contributed by atoms with Crippen LogP contribution in [0.4, 0.5) is 0 Å². The molecule has 0 unspecified atom stereocenters. The van der Waals surface area contributed by atoms with E-state index in [0.29, 0.717) is 0 Å². The summed E-state index contributed by atoms with van der Waals surface area (Å²) in [7, 11) is 0. The molecule has 266 valence electrons. The molecule has 3 aromatic heterocycles. The van der Waals surface area contributed by atoms with E-state index in [9.17, 15) is 0 Å². The molecule has 0 amide bonds. The Morgan fingerprint density at radius 2 is 0.558 bits per heavy atom. The number of hydrogen-bond acceptors (Lipinski definition) is 2. The first-order valence-electron chi connectivity index (χ1n) is 18.7. The normalized spacial score (nSPS) is 13.6. The van der Waals surface area contributed by atoms with Gasteiger partial charge in [-0.1, -0.05) is 95.2 Å². The highest BCUT2D eigenvalue weighted by molar-refractivity contribution is 5.80. The van der Waals surface area contributed by atoms with E-state index in [1.54, 1.807) is 0 Å². The van der Waals surface area contributed by atoms with Crippen LogP contribution in [0.3, 0.4) is 0 Å². The van der Waals surface area contributed by atoms with Crippen LogP contribution in [0.15, 0.2) is 84.9 Å². The van der Waals surface area contributed by atoms with Crippen molar-refractivity contribution in [2.24, 2.45) is 0 Å². The monoisotopic (exact) mass is 686 g/mol. The molecule has 2 aliphatic heterocycles. The van der Waals surface area contributed by atoms with Gasteiger partial charge in [-0.3, -0.25) is 0 Å². The summed E-state index contributed by atoms with van der Waals surface area (Å²) in [6.45, 7) is 27.5. The molecule has 2 aliphatic rings. The highest BCUT2D eigenvalue weighted by Crippen LogP contribution is 2.35. The summed E-state index contributed by atoms with van der Waals surface area (Å²) in [6.07, 6.45) is 8.50. The van der Waals surface area contributed by atoms with Gasteiger partial charge in [0.1, 0.15) is 0 Å². The Balaban J connectivity index is 1.53. The summed E-state index contributed by atoms with van der Waals surface area (Å²) >= 11 is 0. The number of fused-ring (bicyclic) bond motifs is 8. The Morgan fingerprint density at radius 1 is 0.327 bits per heavy atom. The molecule has 5 aromatic rings. The number of aromatic nitrogens is 4. The maximum Gasteiger partial charge on any atom is 0.0658 e. The minimum Gasteiger partial charge on any atom is -0.310 e. The molecule has 5 heterocycles. The Bertz CT molecular complexity index is 2110. The maximum atomic E-state index is 5.14. The molecule has 52 heavy (non-hydrogen) atoms. The van der Waals surface area contributed by atoms with Crippen molar-refractivity contribution in [3.8, 4) is 11.4 Å². The molecule has 4 nitrogen and oxygen atoms in total. The predicted octanol–water partition coefficient (Wildman–Crippen LogP) is 12.8. The third-order valence-electron chi connectivity index (χ3n) is 10.2. The van der Waals surface area contributed by atoms with Crippen LogP contribution < -0.4 is 0 Å². The lowest BCUT2D eigenvalue weighted by Crippen LogP contribution is -2.17. The van der Waals surface area contributed by atoms with Crippen molar-refractivity contribution < 1.29 is 0 Å². The van der Waals surface area contributed by atoms with E-state index in [-0.39, 0.29) is 21.7 Å². The second-order valence-corrected chi connectivity index (χ2v) is 18.7. The first kappa shape index (κ1) is 35.4. The van der Waals surface area contributed by atoms with Gasteiger partial charge in [0.2, 0.25) is 0 Å². The molecule has 0 saturated heterocycles. The number of hydrogen-bond donors (Lipinski definition) is 0. The van der Waals surface area contributed by atoms with Crippen molar-refractivity contribution in [1.82, 2.24) is 19.1 Å². The molecule has 4 heteroatoms. The fourth-order valence-electron chi connectivity index (χ4n) is 6.91. The molecular formula is C48H54N4. The van der Waals surface area contributed by atoms with Crippen molar-refractivity contribution in [2.45, 2.75) is 105 Å². The quantitative estimate of drug-likeness (QED) is 0.181. The molecular weight excluding hydrogens is 633 g/mol. The van der Waals surface area contributed by atoms with Gasteiger partial charge in [-0.2, -0.15) is 0 Å². The Morgan fingerprint density at radius 3 is 0.769 bits per heavy atom. The third kappa shape index (κ3) is 7.08. The van der Waals surface area contributed by atoms with Gasteiger partial charge in [0.15, 0.2) is 0 Å². The van der Waals surface area contributed by atoms with Crippen molar-refractivity contribution >= 4 is 46.4 Å². The van der Waals surface area contributed by atoms with Crippen LogP contribution in [0.1, 0.15) is 128 Å². The first-order valence-corrected chi connectivity index (χ1v) is 18.7. The highest BCUT2D eigenvalue weighted by atomic mass is 15.0. The van der Waals surface area contributed by atoms with Crippen LogP contribution in [0.25, 0.3) is 57.7 Å². The van der Waals surface area contributed by atoms with Gasteiger partial charge in [0, 0.05) is 33.4 Å². The van der Waals surface area contributed by atoms with Gasteiger partial charge in [-0.05, 0) is 141 Å². The predicted molar refractivity (Wildman–Crippen MR) is 224 cm³/mol. The van der Waals surface area contributed by atoms with Gasteiger partial charge in [0.25, 0.3) is 0 Å². The second-order valence-electron chi connectivity index (χ2n) is 18.7. The lowest BCUT2D eigenvalue weighted by molar-refractivity contribution is 0.567. The van der Waals surface area contributed by atoms with Gasteiger partial charge in [-0.25, -0.2) is 9.97 Å². The number of nitrogens with zero attached hydrogens (tertiary/aromatic N) is 4. The van der Waals surface area contributed by atoms with Gasteiger partial charge in [-0.15, -0.1) is 0 Å². The average molecular weight is 687 g/mol. The zero-order chi connectivity index (χ0) is 37.4. The number of rotatable bonds is 2. The Hall–Kier alpha value is -4.96. The lowest BCUT2D eigenvalue weighted by atomic mass is 9.80. The van der Waals surface area contributed by atoms with E-state index in [4.69, 9.17) is 9.97 Å². The second kappa shape index (κ2) is 12.3. The zero-order valence-electron chi connectivity index (χ0n) is 33.2. The van der Waals surface area contributed by atoms with E-state index in [0.717, 1.165) is 56.2 Å². The lowest BCUT2D eigenvalue weighted by Gasteiger charge is -2.26. The topological polar surface area (TPSA) is 35.6 Å². The van der Waals surface area contributed by atoms with Crippen molar-refractivity contribution in [3.05, 3.63) is 130 Å². The molecule has 0 fully saturated rings. The third-order valence-corrected chi connectivity index (χ3v) is 10.2. The Kier molecular flexibility index (Phi) is 8.40. The van der Waals surface area contributed by atoms with Gasteiger partial charge < -0.3 is 9.13 Å². The van der Waals surface area contributed by atoms with Gasteiger partial charge in [0.05, 0.1) is 22.8 Å². The fourth-order valence-corrected chi connectivity index (χ4v) is 6.91. The van der Waals surface area contributed by atoms with E-state index < -0.39 is 0 Å². The molecule has 7 rings (SSSR count). The van der Waals surface area contributed by atoms with E-state index in [2.05, 4.69) is 201 Å². The summed E-state index contributed by atoms with van der Waals surface area (Å²) in [6, 6.07) is 31.8. The molecule has 0 aliphatic carbocycles. The van der Waals surface area contributed by atoms with Crippen LogP contribution in [0, 0.1) is 0 Å². The van der Waals surface area contributed by atoms with E-state index in [1.807, 2.05) is 0 Å². The Labute approximate surface area is 310 Å². The van der Waals surface area contributed by atoms with Crippen molar-refractivity contribution in [1.29, 1.82) is 0 Å². The summed E-state index contributed by atoms with van der Waals surface area (Å²) in [5.41, 5.74) is 15.6. The molecule has 0 radical (unpaired) electrons. The first-order chi connectivity index (χ1) is 24.2. The van der Waals surface area contributed by atoms with E-state index in [1.165, 1.54) is 22.3 Å². The number of benzene rings is 2. The average Bonchev–Trinajstić information content (AvgIpc) is 3.84. The zero-order valence-corrected chi connectivity index (χ0v) is 33.2. The van der Waals surface area contributed by atoms with Crippen molar-refractivity contribution in [3.63, 3.8) is 0 Å². The fraction of sp³-hybridized carbons (Fsp3) is 0.333. The maximum absolute atomic E-state index is 5.14. The standard InChI is InChI=1S/C48H54N4/c1-45(2,3)31-21-32(46(4,5)6)24-43(23-31)51-39-17-18-40(51)28-36-14-16-38(50-36)30-42-20-19-41(29-37-15-13-35(27-39)49-37)52(42)44-25-33(47(7,8)9)22-34(26-44)48(10,11)12/h13-30H,1-12H3. The molecule has 2 aromatic carbocycles. The van der Waals surface area contributed by atoms with E-state index >= 15 is 0 Å². The van der Waals surface area contributed by atoms with Crippen LogP contribution in [-0.4, -0.2) is 19.1 Å². The summed E-state index contributed by atoms with van der Waals surface area (Å²) in [5, 5.41) is 0. The molecule has 8 bridgehead atoms. The van der Waals surface area contributed by atoms with Crippen molar-refractivity contribution in [2.75, 3.05) is 0 Å². The molecule has 0 atom stereocenters.